The molecule has 2 aromatic rings. The Labute approximate surface area is 191 Å². The van der Waals surface area contributed by atoms with Crippen molar-refractivity contribution in [2.45, 2.75) is 58.5 Å². The van der Waals surface area contributed by atoms with Crippen molar-refractivity contribution < 1.29 is 14.3 Å². The molecule has 172 valence electrons. The van der Waals surface area contributed by atoms with Crippen LogP contribution in [0, 0.1) is 0 Å². The molecule has 2 aliphatic heterocycles. The van der Waals surface area contributed by atoms with Gasteiger partial charge in [0.15, 0.2) is 11.5 Å². The number of anilines is 1. The second kappa shape index (κ2) is 10.7. The molecule has 4 rings (SSSR count). The Morgan fingerprint density at radius 3 is 2.66 bits per heavy atom. The summed E-state index contributed by atoms with van der Waals surface area (Å²) in [6.45, 7) is 8.13. The predicted molar refractivity (Wildman–Crippen MR) is 127 cm³/mol. The Bertz CT molecular complexity index is 900. The average molecular weight is 438 g/mol. The number of nitrogens with one attached hydrogen (secondary N) is 1. The van der Waals surface area contributed by atoms with Crippen molar-refractivity contribution in [3.05, 3.63) is 53.6 Å². The quantitative estimate of drug-likeness (QED) is 0.611. The van der Waals surface area contributed by atoms with Crippen LogP contribution in [-0.2, 0) is 13.0 Å². The lowest BCUT2D eigenvalue weighted by atomic mass is 10.0. The van der Waals surface area contributed by atoms with Crippen LogP contribution >= 0.6 is 0 Å². The largest absolute Gasteiger partial charge is 0.454 e. The number of rotatable bonds is 8. The van der Waals surface area contributed by atoms with Gasteiger partial charge in [-0.1, -0.05) is 31.5 Å². The highest BCUT2D eigenvalue weighted by molar-refractivity contribution is 5.89. The van der Waals surface area contributed by atoms with Gasteiger partial charge in [-0.2, -0.15) is 0 Å². The first-order valence-corrected chi connectivity index (χ1v) is 11.9. The number of aryl methyl sites for hydroxylation is 1. The van der Waals surface area contributed by atoms with E-state index in [1.54, 1.807) is 0 Å². The van der Waals surface area contributed by atoms with Crippen molar-refractivity contribution in [2.75, 3.05) is 31.7 Å². The maximum atomic E-state index is 13.2. The highest BCUT2D eigenvalue weighted by atomic mass is 16.7. The molecule has 1 saturated heterocycles. The van der Waals surface area contributed by atoms with Crippen molar-refractivity contribution in [1.29, 1.82) is 0 Å². The van der Waals surface area contributed by atoms with Crippen molar-refractivity contribution in [1.82, 2.24) is 9.80 Å². The standard InChI is InChI=1S/C26H35N3O3/c1-3-21-8-11-23(12-9-21)27-26(30)29(16-6-15-28-14-5-4-7-20(28)2)18-22-10-13-24-25(17-22)32-19-31-24/h8-13,17,20H,3-7,14-16,18-19H2,1-2H3,(H,27,30). The predicted octanol–water partition coefficient (Wildman–Crippen LogP) is 5.28. The third-order valence-electron chi connectivity index (χ3n) is 6.53. The number of likely N-dealkylation sites (tertiary alicyclic amines) is 1. The van der Waals surface area contributed by atoms with Crippen LogP contribution in [0.2, 0.25) is 0 Å². The third-order valence-corrected chi connectivity index (χ3v) is 6.53. The molecule has 1 atom stereocenters. The van der Waals surface area contributed by atoms with Gasteiger partial charge in [0.25, 0.3) is 0 Å². The highest BCUT2D eigenvalue weighted by Gasteiger charge is 2.20. The van der Waals surface area contributed by atoms with Crippen molar-refractivity contribution in [3.63, 3.8) is 0 Å². The maximum absolute atomic E-state index is 13.2. The fourth-order valence-corrected chi connectivity index (χ4v) is 4.49. The van der Waals surface area contributed by atoms with Crippen LogP contribution in [0.5, 0.6) is 11.5 Å². The molecule has 2 amide bonds. The number of hydrogen-bond donors (Lipinski definition) is 1. The fourth-order valence-electron chi connectivity index (χ4n) is 4.49. The summed E-state index contributed by atoms with van der Waals surface area (Å²) in [6, 6.07) is 14.6. The van der Waals surface area contributed by atoms with Gasteiger partial charge in [-0.05, 0) is 74.5 Å². The number of nitrogens with zero attached hydrogens (tertiary/aromatic N) is 2. The number of urea groups is 1. The molecular formula is C26H35N3O3. The van der Waals surface area contributed by atoms with E-state index >= 15 is 0 Å². The summed E-state index contributed by atoms with van der Waals surface area (Å²) < 4.78 is 10.9. The summed E-state index contributed by atoms with van der Waals surface area (Å²) in [5.74, 6) is 1.51. The fraction of sp³-hybridized carbons (Fsp3) is 0.500. The molecule has 2 aromatic carbocycles. The van der Waals surface area contributed by atoms with Crippen molar-refractivity contribution >= 4 is 11.7 Å². The number of carbonyl (C=O) groups is 1. The molecule has 1 fully saturated rings. The highest BCUT2D eigenvalue weighted by Crippen LogP contribution is 2.33. The first-order valence-electron chi connectivity index (χ1n) is 11.9. The molecule has 0 spiro atoms. The van der Waals surface area contributed by atoms with Gasteiger partial charge >= 0.3 is 6.03 Å². The van der Waals surface area contributed by atoms with Crippen molar-refractivity contribution in [2.24, 2.45) is 0 Å². The van der Waals surface area contributed by atoms with E-state index in [0.717, 1.165) is 42.1 Å². The van der Waals surface area contributed by atoms with E-state index in [0.29, 0.717) is 19.1 Å². The number of piperidine rings is 1. The van der Waals surface area contributed by atoms with Gasteiger partial charge in [-0.3, -0.25) is 0 Å². The van der Waals surface area contributed by atoms with Crippen LogP contribution in [0.15, 0.2) is 42.5 Å². The summed E-state index contributed by atoms with van der Waals surface area (Å²) in [4.78, 5) is 17.7. The van der Waals surface area contributed by atoms with Gasteiger partial charge in [0.2, 0.25) is 6.79 Å². The van der Waals surface area contributed by atoms with Crippen LogP contribution in [0.3, 0.4) is 0 Å². The molecule has 2 aliphatic rings. The smallest absolute Gasteiger partial charge is 0.322 e. The number of hydrogen-bond acceptors (Lipinski definition) is 4. The van der Waals surface area contributed by atoms with Gasteiger partial charge in [-0.25, -0.2) is 4.79 Å². The van der Waals surface area contributed by atoms with Gasteiger partial charge in [-0.15, -0.1) is 0 Å². The zero-order chi connectivity index (χ0) is 22.3. The number of ether oxygens (including phenoxy) is 2. The lowest BCUT2D eigenvalue weighted by Gasteiger charge is -2.34. The van der Waals surface area contributed by atoms with Gasteiger partial charge in [0, 0.05) is 31.4 Å². The molecule has 6 nitrogen and oxygen atoms in total. The minimum absolute atomic E-state index is 0.0707. The molecule has 1 unspecified atom stereocenters. The van der Waals surface area contributed by atoms with E-state index < -0.39 is 0 Å². The summed E-state index contributed by atoms with van der Waals surface area (Å²) in [7, 11) is 0. The Balaban J connectivity index is 1.41. The molecule has 0 aliphatic carbocycles. The van der Waals surface area contributed by atoms with E-state index in [-0.39, 0.29) is 12.8 Å². The van der Waals surface area contributed by atoms with Gasteiger partial charge < -0.3 is 24.6 Å². The summed E-state index contributed by atoms with van der Waals surface area (Å²) >= 11 is 0. The van der Waals surface area contributed by atoms with E-state index in [2.05, 4.69) is 36.2 Å². The lowest BCUT2D eigenvalue weighted by molar-refractivity contribution is 0.150. The zero-order valence-corrected chi connectivity index (χ0v) is 19.3. The molecular weight excluding hydrogens is 402 g/mol. The molecule has 6 heteroatoms. The molecule has 0 saturated carbocycles. The molecule has 0 bridgehead atoms. The monoisotopic (exact) mass is 437 g/mol. The maximum Gasteiger partial charge on any atom is 0.322 e. The van der Waals surface area contributed by atoms with Gasteiger partial charge in [0.05, 0.1) is 0 Å². The van der Waals surface area contributed by atoms with E-state index in [1.807, 2.05) is 35.2 Å². The van der Waals surface area contributed by atoms with Crippen LogP contribution in [0.4, 0.5) is 10.5 Å². The minimum Gasteiger partial charge on any atom is -0.454 e. The molecule has 0 radical (unpaired) electrons. The summed E-state index contributed by atoms with van der Waals surface area (Å²) in [6.07, 6.45) is 5.82. The number of fused-ring (bicyclic) bond motifs is 1. The van der Waals surface area contributed by atoms with Crippen LogP contribution < -0.4 is 14.8 Å². The zero-order valence-electron chi connectivity index (χ0n) is 19.3. The van der Waals surface area contributed by atoms with Gasteiger partial charge in [0.1, 0.15) is 0 Å². The first kappa shape index (κ1) is 22.5. The lowest BCUT2D eigenvalue weighted by Crippen LogP contribution is -2.40. The first-order chi connectivity index (χ1) is 15.6. The second-order valence-electron chi connectivity index (χ2n) is 8.82. The van der Waals surface area contributed by atoms with E-state index in [1.165, 1.54) is 31.4 Å². The summed E-state index contributed by atoms with van der Waals surface area (Å²) in [5, 5.41) is 3.08. The molecule has 2 heterocycles. The summed E-state index contributed by atoms with van der Waals surface area (Å²) in [5.41, 5.74) is 3.13. The molecule has 1 N–H and O–H groups in total. The van der Waals surface area contributed by atoms with E-state index in [4.69, 9.17) is 9.47 Å². The van der Waals surface area contributed by atoms with Crippen molar-refractivity contribution in [3.8, 4) is 11.5 Å². The van der Waals surface area contributed by atoms with Crippen LogP contribution in [0.1, 0.15) is 50.7 Å². The minimum atomic E-state index is -0.0707. The van der Waals surface area contributed by atoms with Crippen LogP contribution in [-0.4, -0.2) is 48.3 Å². The topological polar surface area (TPSA) is 54.0 Å². The SMILES string of the molecule is CCc1ccc(NC(=O)N(CCCN2CCCCC2C)Cc2ccc3c(c2)OCO3)cc1. The number of amides is 2. The average Bonchev–Trinajstić information content (AvgIpc) is 3.28. The Morgan fingerprint density at radius 2 is 1.88 bits per heavy atom. The van der Waals surface area contributed by atoms with Crippen LogP contribution in [0.25, 0.3) is 0 Å². The number of benzene rings is 2. The molecule has 32 heavy (non-hydrogen) atoms. The number of carbonyl (C=O) groups excluding carboxylic acids is 1. The Morgan fingerprint density at radius 1 is 1.09 bits per heavy atom. The van der Waals surface area contributed by atoms with E-state index in [9.17, 15) is 4.79 Å². The second-order valence-corrected chi connectivity index (χ2v) is 8.82. The third kappa shape index (κ3) is 5.74. The Kier molecular flexibility index (Phi) is 7.53. The molecule has 0 aromatic heterocycles. The normalized spacial score (nSPS) is 17.9. The Hall–Kier alpha value is -2.73.